The molecule has 0 aliphatic heterocycles. The third kappa shape index (κ3) is 4.35. The van der Waals surface area contributed by atoms with Crippen LogP contribution in [0.5, 0.6) is 0 Å². The Bertz CT molecular complexity index is 659. The molecule has 2 aliphatic rings. The Morgan fingerprint density at radius 3 is 2.61 bits per heavy atom. The van der Waals surface area contributed by atoms with Crippen LogP contribution in [0.3, 0.4) is 0 Å². The number of alkyl carbamates (subject to hydrolysis) is 1. The standard InChI is InChI=1S/C23H34FNO3/c1-4-28-19-13-11-16(12-14-19)23(2,17-7-5-8-18(24)15-17)20-9-6-10-21(20)25-22(26)27-3/h5,7-8,15-16,19-21H,4,6,9-14H2,1-3H3,(H,25,26)/t16-,19-,20-,21-,23?/m0/s1. The SMILES string of the molecule is CCO[C@H]1CC[C@H](C(C)(c2cccc(F)c2)[C@H]2CCC[C@@H]2NC(=O)OC)CC1. The Balaban J connectivity index is 1.90. The normalized spacial score (nSPS) is 29.9. The zero-order chi connectivity index (χ0) is 20.1. The van der Waals surface area contributed by atoms with E-state index in [1.54, 1.807) is 6.07 Å². The van der Waals surface area contributed by atoms with Gasteiger partial charge < -0.3 is 14.8 Å². The molecular weight excluding hydrogens is 357 g/mol. The van der Waals surface area contributed by atoms with Gasteiger partial charge in [0.25, 0.3) is 0 Å². The summed E-state index contributed by atoms with van der Waals surface area (Å²) in [6, 6.07) is 7.14. The number of rotatable bonds is 6. The van der Waals surface area contributed by atoms with Gasteiger partial charge in [-0.3, -0.25) is 0 Å². The van der Waals surface area contributed by atoms with E-state index >= 15 is 0 Å². The van der Waals surface area contributed by atoms with Crippen molar-refractivity contribution >= 4 is 6.09 Å². The van der Waals surface area contributed by atoms with E-state index in [0.29, 0.717) is 12.0 Å². The van der Waals surface area contributed by atoms with Crippen molar-refractivity contribution in [2.24, 2.45) is 11.8 Å². The first-order valence-electron chi connectivity index (χ1n) is 10.7. The highest BCUT2D eigenvalue weighted by atomic mass is 19.1. The van der Waals surface area contributed by atoms with Gasteiger partial charge in [0.2, 0.25) is 0 Å². The number of ether oxygens (including phenoxy) is 2. The Morgan fingerprint density at radius 1 is 1.21 bits per heavy atom. The largest absolute Gasteiger partial charge is 0.453 e. The second kappa shape index (κ2) is 9.25. The lowest BCUT2D eigenvalue weighted by Crippen LogP contribution is -2.50. The summed E-state index contributed by atoms with van der Waals surface area (Å²) < 4.78 is 24.9. The van der Waals surface area contributed by atoms with Crippen molar-refractivity contribution in [3.05, 3.63) is 35.6 Å². The fraction of sp³-hybridized carbons (Fsp3) is 0.696. The van der Waals surface area contributed by atoms with Gasteiger partial charge in [-0.25, -0.2) is 9.18 Å². The van der Waals surface area contributed by atoms with Gasteiger partial charge in [-0.2, -0.15) is 0 Å². The fourth-order valence-electron chi connectivity index (χ4n) is 5.70. The van der Waals surface area contributed by atoms with Gasteiger partial charge in [-0.05, 0) is 75.0 Å². The van der Waals surface area contributed by atoms with Crippen LogP contribution in [0.15, 0.2) is 24.3 Å². The third-order valence-electron chi connectivity index (χ3n) is 7.15. The predicted octanol–water partition coefficient (Wildman–Crippen LogP) is 5.20. The monoisotopic (exact) mass is 391 g/mol. The van der Waals surface area contributed by atoms with Crippen molar-refractivity contribution in [1.82, 2.24) is 5.32 Å². The van der Waals surface area contributed by atoms with Crippen LogP contribution in [0.25, 0.3) is 0 Å². The van der Waals surface area contributed by atoms with Crippen molar-refractivity contribution < 1.29 is 18.7 Å². The molecule has 0 heterocycles. The fourth-order valence-corrected chi connectivity index (χ4v) is 5.70. The number of carbonyl (C=O) groups is 1. The van der Waals surface area contributed by atoms with Gasteiger partial charge in [0, 0.05) is 18.1 Å². The van der Waals surface area contributed by atoms with Crippen LogP contribution in [0.1, 0.15) is 64.4 Å². The summed E-state index contributed by atoms with van der Waals surface area (Å²) in [6.07, 6.45) is 7.24. The van der Waals surface area contributed by atoms with E-state index in [1.165, 1.54) is 13.2 Å². The van der Waals surface area contributed by atoms with E-state index in [4.69, 9.17) is 9.47 Å². The number of hydrogen-bond acceptors (Lipinski definition) is 3. The molecule has 28 heavy (non-hydrogen) atoms. The number of amides is 1. The summed E-state index contributed by atoms with van der Waals surface area (Å²) >= 11 is 0. The van der Waals surface area contributed by atoms with E-state index in [0.717, 1.165) is 57.1 Å². The van der Waals surface area contributed by atoms with Crippen LogP contribution in [-0.4, -0.2) is 32.0 Å². The molecule has 1 aromatic rings. The van der Waals surface area contributed by atoms with Crippen LogP contribution in [0.4, 0.5) is 9.18 Å². The van der Waals surface area contributed by atoms with E-state index in [2.05, 4.69) is 18.3 Å². The highest BCUT2D eigenvalue weighted by Gasteiger charge is 2.49. The predicted molar refractivity (Wildman–Crippen MR) is 108 cm³/mol. The van der Waals surface area contributed by atoms with Gasteiger partial charge in [0.15, 0.2) is 0 Å². The number of halogens is 1. The van der Waals surface area contributed by atoms with Crippen molar-refractivity contribution in [3.8, 4) is 0 Å². The first-order valence-corrected chi connectivity index (χ1v) is 10.7. The minimum atomic E-state index is -0.376. The van der Waals surface area contributed by atoms with Crippen LogP contribution in [-0.2, 0) is 14.9 Å². The Hall–Kier alpha value is -1.62. The maximum Gasteiger partial charge on any atom is 0.407 e. The van der Waals surface area contributed by atoms with Crippen LogP contribution in [0.2, 0.25) is 0 Å². The number of nitrogens with one attached hydrogen (secondary N) is 1. The van der Waals surface area contributed by atoms with Gasteiger partial charge in [0.05, 0.1) is 13.2 Å². The first-order chi connectivity index (χ1) is 13.5. The molecule has 0 spiro atoms. The lowest BCUT2D eigenvalue weighted by molar-refractivity contribution is 0.00662. The lowest BCUT2D eigenvalue weighted by atomic mass is 9.58. The second-order valence-electron chi connectivity index (χ2n) is 8.50. The number of methoxy groups -OCH3 is 1. The molecule has 5 heteroatoms. The molecule has 0 bridgehead atoms. The zero-order valence-corrected chi connectivity index (χ0v) is 17.4. The summed E-state index contributed by atoms with van der Waals surface area (Å²) in [4.78, 5) is 11.9. The molecule has 0 radical (unpaired) electrons. The highest BCUT2D eigenvalue weighted by Crippen LogP contribution is 2.51. The number of hydrogen-bond donors (Lipinski definition) is 1. The number of carbonyl (C=O) groups excluding carboxylic acids is 1. The minimum absolute atomic E-state index is 0.0605. The van der Waals surface area contributed by atoms with Gasteiger partial charge >= 0.3 is 6.09 Å². The molecule has 156 valence electrons. The molecule has 4 nitrogen and oxygen atoms in total. The zero-order valence-electron chi connectivity index (χ0n) is 17.4. The molecule has 0 aromatic heterocycles. The molecule has 1 amide bonds. The molecule has 1 N–H and O–H groups in total. The minimum Gasteiger partial charge on any atom is -0.453 e. The van der Waals surface area contributed by atoms with Crippen molar-refractivity contribution in [3.63, 3.8) is 0 Å². The van der Waals surface area contributed by atoms with E-state index in [1.807, 2.05) is 13.0 Å². The summed E-state index contributed by atoms with van der Waals surface area (Å²) in [5.41, 5.74) is 0.859. The molecule has 2 saturated carbocycles. The topological polar surface area (TPSA) is 47.6 Å². The smallest absolute Gasteiger partial charge is 0.407 e. The second-order valence-corrected chi connectivity index (χ2v) is 8.50. The maximum atomic E-state index is 14.2. The molecular formula is C23H34FNO3. The van der Waals surface area contributed by atoms with Crippen molar-refractivity contribution in [2.75, 3.05) is 13.7 Å². The Kier molecular flexibility index (Phi) is 6.97. The van der Waals surface area contributed by atoms with E-state index < -0.39 is 0 Å². The summed E-state index contributed by atoms with van der Waals surface area (Å²) in [7, 11) is 1.40. The summed E-state index contributed by atoms with van der Waals surface area (Å²) in [5.74, 6) is 0.514. The van der Waals surface area contributed by atoms with Crippen molar-refractivity contribution in [2.45, 2.75) is 76.4 Å². The Labute approximate surface area is 168 Å². The quantitative estimate of drug-likeness (QED) is 0.725. The average molecular weight is 392 g/mol. The molecule has 1 unspecified atom stereocenters. The molecule has 0 saturated heterocycles. The van der Waals surface area contributed by atoms with Gasteiger partial charge in [-0.1, -0.05) is 25.5 Å². The summed E-state index contributed by atoms with van der Waals surface area (Å²) in [6.45, 7) is 5.09. The third-order valence-corrected chi connectivity index (χ3v) is 7.15. The van der Waals surface area contributed by atoms with Gasteiger partial charge in [0.1, 0.15) is 5.82 Å². The first kappa shape index (κ1) is 21.1. The lowest BCUT2D eigenvalue weighted by Gasteiger charge is -2.48. The average Bonchev–Trinajstić information content (AvgIpc) is 3.16. The Morgan fingerprint density at radius 2 is 1.96 bits per heavy atom. The maximum absolute atomic E-state index is 14.2. The highest BCUT2D eigenvalue weighted by molar-refractivity contribution is 5.67. The molecule has 3 rings (SSSR count). The van der Waals surface area contributed by atoms with E-state index in [-0.39, 0.29) is 29.3 Å². The summed E-state index contributed by atoms with van der Waals surface area (Å²) in [5, 5.41) is 3.06. The van der Waals surface area contributed by atoms with Crippen LogP contribution >= 0.6 is 0 Å². The van der Waals surface area contributed by atoms with Crippen molar-refractivity contribution in [1.29, 1.82) is 0 Å². The molecule has 1 aromatic carbocycles. The molecule has 2 fully saturated rings. The molecule has 2 aliphatic carbocycles. The van der Waals surface area contributed by atoms with E-state index in [9.17, 15) is 9.18 Å². The molecule has 3 atom stereocenters. The number of benzene rings is 1. The van der Waals surface area contributed by atoms with Crippen LogP contribution < -0.4 is 5.32 Å². The van der Waals surface area contributed by atoms with Crippen LogP contribution in [0, 0.1) is 17.7 Å². The van der Waals surface area contributed by atoms with Gasteiger partial charge in [-0.15, -0.1) is 0 Å².